The van der Waals surface area contributed by atoms with E-state index in [-0.39, 0.29) is 5.75 Å². The molecule has 1 aromatic carbocycles. The van der Waals surface area contributed by atoms with Crippen molar-refractivity contribution in [3.8, 4) is 5.75 Å². The summed E-state index contributed by atoms with van der Waals surface area (Å²) in [7, 11) is 0. The van der Waals surface area contributed by atoms with Crippen LogP contribution in [0.3, 0.4) is 0 Å². The maximum Gasteiger partial charge on any atom is 0.363 e. The Morgan fingerprint density at radius 2 is 2.05 bits per heavy atom. The van der Waals surface area contributed by atoms with Crippen LogP contribution in [0, 0.1) is 6.92 Å². The number of H-pyrrole nitrogens is 1. The summed E-state index contributed by atoms with van der Waals surface area (Å²) in [6.45, 7) is 3.51. The van der Waals surface area contributed by atoms with Gasteiger partial charge in [0.1, 0.15) is 11.4 Å². The highest BCUT2D eigenvalue weighted by Crippen LogP contribution is 2.11. The highest BCUT2D eigenvalue weighted by atomic mass is 16.3. The minimum atomic E-state index is -0.536. The van der Waals surface area contributed by atoms with Crippen LogP contribution < -0.4 is 11.1 Å². The fourth-order valence-electron chi connectivity index (χ4n) is 1.40. The van der Waals surface area contributed by atoms with E-state index < -0.39 is 5.69 Å². The molecule has 2 rings (SSSR count). The third kappa shape index (κ3) is 3.15. The number of phenols is 1. The standard InChI is InChI=1S/C12H13N5O2/c1-7(9-3-5-10(18)6-4-9)14-16-11-8(2)15-17-12(19)13-11/h3-6,18H,1-2H3,(H2,13,16,17,19). The number of hydrogen-bond donors (Lipinski definition) is 3. The Morgan fingerprint density at radius 1 is 1.37 bits per heavy atom. The van der Waals surface area contributed by atoms with E-state index in [4.69, 9.17) is 0 Å². The summed E-state index contributed by atoms with van der Waals surface area (Å²) in [5, 5.41) is 19.3. The van der Waals surface area contributed by atoms with E-state index in [2.05, 4.69) is 25.7 Å². The van der Waals surface area contributed by atoms with Crippen molar-refractivity contribution in [2.75, 3.05) is 5.43 Å². The van der Waals surface area contributed by atoms with Crippen LogP contribution >= 0.6 is 0 Å². The van der Waals surface area contributed by atoms with Gasteiger partial charge < -0.3 is 5.11 Å². The van der Waals surface area contributed by atoms with Crippen LogP contribution in [0.4, 0.5) is 5.82 Å². The molecule has 7 nitrogen and oxygen atoms in total. The smallest absolute Gasteiger partial charge is 0.363 e. The van der Waals surface area contributed by atoms with Gasteiger partial charge in [-0.05, 0) is 43.7 Å². The molecular weight excluding hydrogens is 246 g/mol. The first-order chi connectivity index (χ1) is 9.06. The lowest BCUT2D eigenvalue weighted by molar-refractivity contribution is 0.475. The van der Waals surface area contributed by atoms with E-state index >= 15 is 0 Å². The topological polar surface area (TPSA) is 103 Å². The molecule has 0 bridgehead atoms. The van der Waals surface area contributed by atoms with Gasteiger partial charge in [0, 0.05) is 0 Å². The lowest BCUT2D eigenvalue weighted by Crippen LogP contribution is -2.16. The van der Waals surface area contributed by atoms with E-state index in [1.165, 1.54) is 0 Å². The molecule has 7 heteroatoms. The van der Waals surface area contributed by atoms with Gasteiger partial charge in [-0.3, -0.25) is 5.43 Å². The van der Waals surface area contributed by atoms with Crippen molar-refractivity contribution in [2.45, 2.75) is 13.8 Å². The Labute approximate surface area is 109 Å². The number of nitrogens with zero attached hydrogens (tertiary/aromatic N) is 3. The highest BCUT2D eigenvalue weighted by Gasteiger charge is 2.02. The second kappa shape index (κ2) is 5.30. The van der Waals surface area contributed by atoms with Gasteiger partial charge >= 0.3 is 5.69 Å². The first-order valence-corrected chi connectivity index (χ1v) is 5.59. The molecule has 0 atom stereocenters. The summed E-state index contributed by atoms with van der Waals surface area (Å²) in [6.07, 6.45) is 0. The number of nitrogens with one attached hydrogen (secondary N) is 2. The predicted octanol–water partition coefficient (Wildman–Crippen LogP) is 1.02. The van der Waals surface area contributed by atoms with Crippen LogP contribution in [0.1, 0.15) is 18.2 Å². The first kappa shape index (κ1) is 12.7. The SMILES string of the molecule is CC(=NNc1nc(=O)[nH]nc1C)c1ccc(O)cc1. The van der Waals surface area contributed by atoms with Crippen molar-refractivity contribution in [1.82, 2.24) is 15.2 Å². The minimum Gasteiger partial charge on any atom is -0.508 e. The molecule has 0 unspecified atom stereocenters. The lowest BCUT2D eigenvalue weighted by atomic mass is 10.1. The Hall–Kier alpha value is -2.70. The molecule has 0 fully saturated rings. The van der Waals surface area contributed by atoms with Crippen LogP contribution in [0.25, 0.3) is 0 Å². The van der Waals surface area contributed by atoms with Gasteiger partial charge in [-0.1, -0.05) is 0 Å². The third-order valence-electron chi connectivity index (χ3n) is 2.49. The molecule has 0 saturated carbocycles. The number of aromatic nitrogens is 3. The normalized spacial score (nSPS) is 11.4. The third-order valence-corrected chi connectivity index (χ3v) is 2.49. The molecule has 0 amide bonds. The van der Waals surface area contributed by atoms with Crippen molar-refractivity contribution in [2.24, 2.45) is 5.10 Å². The molecule has 0 spiro atoms. The Morgan fingerprint density at radius 3 is 2.74 bits per heavy atom. The Bertz CT molecular complexity index is 661. The molecule has 0 radical (unpaired) electrons. The summed E-state index contributed by atoms with van der Waals surface area (Å²) in [5.41, 5.74) is 4.25. The van der Waals surface area contributed by atoms with E-state index in [1.807, 2.05) is 0 Å². The number of aryl methyl sites for hydroxylation is 1. The molecule has 0 saturated heterocycles. The van der Waals surface area contributed by atoms with Crippen molar-refractivity contribution < 1.29 is 5.11 Å². The van der Waals surface area contributed by atoms with Crippen LogP contribution in [0.2, 0.25) is 0 Å². The number of rotatable bonds is 3. The number of anilines is 1. The average Bonchev–Trinajstić information content (AvgIpc) is 2.40. The number of hydrogen-bond acceptors (Lipinski definition) is 6. The van der Waals surface area contributed by atoms with Crippen LogP contribution in [-0.2, 0) is 0 Å². The number of hydrazone groups is 1. The number of aromatic hydroxyl groups is 1. The summed E-state index contributed by atoms with van der Waals surface area (Å²) in [4.78, 5) is 14.8. The van der Waals surface area contributed by atoms with Crippen molar-refractivity contribution >= 4 is 11.5 Å². The van der Waals surface area contributed by atoms with Gasteiger partial charge in [0.15, 0.2) is 5.82 Å². The molecule has 1 heterocycles. The van der Waals surface area contributed by atoms with E-state index in [9.17, 15) is 9.90 Å². The Kier molecular flexibility index (Phi) is 3.56. The molecule has 0 aliphatic carbocycles. The molecule has 0 aliphatic rings. The van der Waals surface area contributed by atoms with Crippen molar-refractivity contribution in [3.63, 3.8) is 0 Å². The number of phenolic OH excluding ortho intramolecular Hbond substituents is 1. The van der Waals surface area contributed by atoms with Crippen molar-refractivity contribution in [3.05, 3.63) is 46.0 Å². The molecule has 3 N–H and O–H groups in total. The van der Waals surface area contributed by atoms with E-state index in [1.54, 1.807) is 38.1 Å². The van der Waals surface area contributed by atoms with Crippen LogP contribution in [0.5, 0.6) is 5.75 Å². The van der Waals surface area contributed by atoms with Crippen molar-refractivity contribution in [1.29, 1.82) is 0 Å². The summed E-state index contributed by atoms with van der Waals surface area (Å²) in [6, 6.07) is 6.64. The maximum absolute atomic E-state index is 11.0. The van der Waals surface area contributed by atoms with Crippen LogP contribution in [-0.4, -0.2) is 26.0 Å². The van der Waals surface area contributed by atoms with Gasteiger partial charge in [0.2, 0.25) is 0 Å². The molecule has 1 aromatic heterocycles. The zero-order chi connectivity index (χ0) is 13.8. The lowest BCUT2D eigenvalue weighted by Gasteiger charge is -2.04. The number of benzene rings is 1. The first-order valence-electron chi connectivity index (χ1n) is 5.59. The number of aromatic amines is 1. The van der Waals surface area contributed by atoms with Gasteiger partial charge in [0.25, 0.3) is 0 Å². The van der Waals surface area contributed by atoms with Gasteiger partial charge in [-0.2, -0.15) is 15.2 Å². The zero-order valence-corrected chi connectivity index (χ0v) is 10.5. The molecule has 19 heavy (non-hydrogen) atoms. The summed E-state index contributed by atoms with van der Waals surface area (Å²) in [5.74, 6) is 0.502. The van der Waals surface area contributed by atoms with Crippen LogP contribution in [0.15, 0.2) is 34.2 Å². The van der Waals surface area contributed by atoms with E-state index in [0.29, 0.717) is 17.2 Å². The molecule has 98 valence electrons. The summed E-state index contributed by atoms with van der Waals surface area (Å²) >= 11 is 0. The largest absolute Gasteiger partial charge is 0.508 e. The second-order valence-electron chi connectivity index (χ2n) is 3.93. The Balaban J connectivity index is 2.20. The fraction of sp³-hybridized carbons (Fsp3) is 0.167. The van der Waals surface area contributed by atoms with E-state index in [0.717, 1.165) is 5.56 Å². The second-order valence-corrected chi connectivity index (χ2v) is 3.93. The quantitative estimate of drug-likeness (QED) is 0.564. The summed E-state index contributed by atoms with van der Waals surface area (Å²) < 4.78 is 0. The predicted molar refractivity (Wildman–Crippen MR) is 71.3 cm³/mol. The zero-order valence-electron chi connectivity index (χ0n) is 10.5. The van der Waals surface area contributed by atoms with Gasteiger partial charge in [0.05, 0.1) is 5.71 Å². The van der Waals surface area contributed by atoms with Gasteiger partial charge in [-0.15, -0.1) is 0 Å². The van der Waals surface area contributed by atoms with Gasteiger partial charge in [-0.25, -0.2) is 9.89 Å². The average molecular weight is 259 g/mol. The molecular formula is C12H13N5O2. The fourth-order valence-corrected chi connectivity index (χ4v) is 1.40. The molecule has 2 aromatic rings. The maximum atomic E-state index is 11.0. The minimum absolute atomic E-state index is 0.195. The highest BCUT2D eigenvalue weighted by molar-refractivity contribution is 5.99. The molecule has 0 aliphatic heterocycles. The monoisotopic (exact) mass is 259 g/mol.